The highest BCUT2D eigenvalue weighted by atomic mass is 19.1. The standard InChI is InChI=1S/C26H32FN3O/c1-5-21-14-25-23(16-29(21)4)22-12-17(2)6-11-24(22)30(25)15-19(13-26(31)28-3)18-7-9-20(27)10-8-18/h6-12,19,21H,5,13-16H2,1-4H3,(H,28,31). The summed E-state index contributed by atoms with van der Waals surface area (Å²) in [6.07, 6.45) is 2.49. The summed E-state index contributed by atoms with van der Waals surface area (Å²) in [7, 11) is 3.88. The van der Waals surface area contributed by atoms with Crippen molar-refractivity contribution in [2.75, 3.05) is 14.1 Å². The van der Waals surface area contributed by atoms with Crippen molar-refractivity contribution < 1.29 is 9.18 Å². The average Bonchev–Trinajstić information content (AvgIpc) is 3.04. The Hall–Kier alpha value is -2.66. The van der Waals surface area contributed by atoms with Gasteiger partial charge >= 0.3 is 0 Å². The van der Waals surface area contributed by atoms with Crippen molar-refractivity contribution in [3.63, 3.8) is 0 Å². The largest absolute Gasteiger partial charge is 0.359 e. The van der Waals surface area contributed by atoms with Gasteiger partial charge in [-0.1, -0.05) is 30.7 Å². The Bertz CT molecular complexity index is 1090. The van der Waals surface area contributed by atoms with E-state index < -0.39 is 0 Å². The van der Waals surface area contributed by atoms with Crippen LogP contribution in [0.25, 0.3) is 10.9 Å². The van der Waals surface area contributed by atoms with Crippen molar-refractivity contribution in [2.45, 2.75) is 58.2 Å². The molecule has 0 aliphatic carbocycles. The maximum atomic E-state index is 13.6. The third kappa shape index (κ3) is 4.24. The fraction of sp³-hybridized carbons (Fsp3) is 0.423. The summed E-state index contributed by atoms with van der Waals surface area (Å²) < 4.78 is 16.0. The fourth-order valence-electron chi connectivity index (χ4n) is 4.99. The van der Waals surface area contributed by atoms with Crippen molar-refractivity contribution in [3.05, 3.63) is 70.7 Å². The van der Waals surface area contributed by atoms with Crippen LogP contribution in [0.1, 0.15) is 48.1 Å². The summed E-state index contributed by atoms with van der Waals surface area (Å²) in [5, 5.41) is 4.07. The highest BCUT2D eigenvalue weighted by Gasteiger charge is 2.29. The van der Waals surface area contributed by atoms with E-state index in [1.165, 1.54) is 39.9 Å². The van der Waals surface area contributed by atoms with Crippen LogP contribution < -0.4 is 5.32 Å². The molecule has 1 N–H and O–H groups in total. The molecule has 164 valence electrons. The van der Waals surface area contributed by atoms with Crippen LogP contribution in [0, 0.1) is 12.7 Å². The number of rotatable bonds is 6. The zero-order valence-electron chi connectivity index (χ0n) is 18.9. The lowest BCUT2D eigenvalue weighted by atomic mass is 9.94. The van der Waals surface area contributed by atoms with Gasteiger partial charge in [-0.05, 0) is 55.8 Å². The highest BCUT2D eigenvalue weighted by Crippen LogP contribution is 2.36. The summed E-state index contributed by atoms with van der Waals surface area (Å²) in [6.45, 7) is 6.03. The molecule has 4 nitrogen and oxygen atoms in total. The fourth-order valence-corrected chi connectivity index (χ4v) is 4.99. The van der Waals surface area contributed by atoms with E-state index in [4.69, 9.17) is 0 Å². The van der Waals surface area contributed by atoms with E-state index in [9.17, 15) is 9.18 Å². The molecule has 0 radical (unpaired) electrons. The van der Waals surface area contributed by atoms with Crippen LogP contribution in [0.2, 0.25) is 0 Å². The molecule has 2 heterocycles. The minimum atomic E-state index is -0.254. The van der Waals surface area contributed by atoms with Gasteiger partial charge in [0.05, 0.1) is 0 Å². The van der Waals surface area contributed by atoms with Crippen molar-refractivity contribution in [2.24, 2.45) is 0 Å². The van der Waals surface area contributed by atoms with Crippen molar-refractivity contribution in [1.82, 2.24) is 14.8 Å². The Morgan fingerprint density at radius 2 is 1.97 bits per heavy atom. The predicted molar refractivity (Wildman–Crippen MR) is 124 cm³/mol. The number of halogens is 1. The molecule has 5 heteroatoms. The van der Waals surface area contributed by atoms with Gasteiger partial charge in [0, 0.05) is 61.5 Å². The van der Waals surface area contributed by atoms with E-state index in [1.54, 1.807) is 7.05 Å². The lowest BCUT2D eigenvalue weighted by molar-refractivity contribution is -0.121. The molecule has 1 aromatic heterocycles. The number of nitrogens with zero attached hydrogens (tertiary/aromatic N) is 2. The highest BCUT2D eigenvalue weighted by molar-refractivity contribution is 5.86. The molecule has 2 atom stereocenters. The van der Waals surface area contributed by atoms with Crippen LogP contribution in [0.4, 0.5) is 4.39 Å². The molecule has 4 rings (SSSR count). The molecule has 0 saturated heterocycles. The van der Waals surface area contributed by atoms with Crippen LogP contribution in [0.3, 0.4) is 0 Å². The minimum absolute atomic E-state index is 0.00154. The van der Waals surface area contributed by atoms with Gasteiger partial charge in [-0.3, -0.25) is 9.69 Å². The Morgan fingerprint density at radius 1 is 1.23 bits per heavy atom. The van der Waals surface area contributed by atoms with Crippen molar-refractivity contribution in [1.29, 1.82) is 0 Å². The number of fused-ring (bicyclic) bond motifs is 3. The zero-order valence-corrected chi connectivity index (χ0v) is 18.9. The van der Waals surface area contributed by atoms with Crippen LogP contribution in [0.5, 0.6) is 0 Å². The molecular formula is C26H32FN3O. The Kier molecular flexibility index (Phi) is 6.15. The SMILES string of the molecule is CCC1Cc2c(c3cc(C)ccc3n2CC(CC(=O)NC)c2ccc(F)cc2)CN1C. The molecule has 0 fully saturated rings. The normalized spacial score (nSPS) is 17.5. The Balaban J connectivity index is 1.81. The number of carbonyl (C=O) groups is 1. The van der Waals surface area contributed by atoms with Gasteiger partial charge < -0.3 is 9.88 Å². The van der Waals surface area contributed by atoms with E-state index in [2.05, 4.69) is 53.9 Å². The number of carbonyl (C=O) groups excluding carboxylic acids is 1. The van der Waals surface area contributed by atoms with Gasteiger partial charge in [-0.2, -0.15) is 0 Å². The summed E-state index contributed by atoms with van der Waals surface area (Å²) >= 11 is 0. The maximum absolute atomic E-state index is 13.6. The van der Waals surface area contributed by atoms with E-state index in [-0.39, 0.29) is 17.6 Å². The predicted octanol–water partition coefficient (Wildman–Crippen LogP) is 4.78. The third-order valence-corrected chi connectivity index (χ3v) is 6.83. The molecule has 3 aromatic rings. The lowest BCUT2D eigenvalue weighted by Gasteiger charge is -2.33. The van der Waals surface area contributed by atoms with E-state index >= 15 is 0 Å². The first-order valence-corrected chi connectivity index (χ1v) is 11.2. The van der Waals surface area contributed by atoms with Gasteiger partial charge in [0.25, 0.3) is 0 Å². The number of amides is 1. The molecule has 0 spiro atoms. The third-order valence-electron chi connectivity index (χ3n) is 6.83. The maximum Gasteiger partial charge on any atom is 0.220 e. The molecule has 31 heavy (non-hydrogen) atoms. The van der Waals surface area contributed by atoms with E-state index in [0.29, 0.717) is 19.0 Å². The molecule has 1 aliphatic rings. The quantitative estimate of drug-likeness (QED) is 0.622. The molecule has 2 aromatic carbocycles. The van der Waals surface area contributed by atoms with Crippen molar-refractivity contribution in [3.8, 4) is 0 Å². The average molecular weight is 422 g/mol. The van der Waals surface area contributed by atoms with Gasteiger partial charge in [-0.25, -0.2) is 4.39 Å². The number of hydrogen-bond acceptors (Lipinski definition) is 2. The summed E-state index contributed by atoms with van der Waals surface area (Å²) in [5.74, 6) is -0.279. The van der Waals surface area contributed by atoms with Crippen LogP contribution in [-0.2, 0) is 24.3 Å². The first-order chi connectivity index (χ1) is 14.9. The lowest BCUT2D eigenvalue weighted by Crippen LogP contribution is -2.37. The van der Waals surface area contributed by atoms with E-state index in [0.717, 1.165) is 24.9 Å². The smallest absolute Gasteiger partial charge is 0.220 e. The second kappa shape index (κ2) is 8.83. The first-order valence-electron chi connectivity index (χ1n) is 11.2. The number of hydrogen-bond donors (Lipinski definition) is 1. The molecule has 1 amide bonds. The second-order valence-corrected chi connectivity index (χ2v) is 8.86. The van der Waals surface area contributed by atoms with Crippen LogP contribution in [-0.4, -0.2) is 35.5 Å². The topological polar surface area (TPSA) is 37.3 Å². The summed E-state index contributed by atoms with van der Waals surface area (Å²) in [4.78, 5) is 14.8. The molecular weight excluding hydrogens is 389 g/mol. The Morgan fingerprint density at radius 3 is 2.65 bits per heavy atom. The number of aryl methyl sites for hydroxylation is 1. The van der Waals surface area contributed by atoms with Crippen molar-refractivity contribution >= 4 is 16.8 Å². The molecule has 2 unspecified atom stereocenters. The Labute approximate surface area is 184 Å². The summed E-state index contributed by atoms with van der Waals surface area (Å²) in [5.41, 5.74) is 6.27. The second-order valence-electron chi connectivity index (χ2n) is 8.86. The van der Waals surface area contributed by atoms with Gasteiger partial charge in [0.1, 0.15) is 5.82 Å². The van der Waals surface area contributed by atoms with E-state index in [1.807, 2.05) is 12.1 Å². The van der Waals surface area contributed by atoms with Crippen LogP contribution in [0.15, 0.2) is 42.5 Å². The number of nitrogens with one attached hydrogen (secondary N) is 1. The number of likely N-dealkylation sites (N-methyl/N-ethyl adjacent to an activating group) is 1. The zero-order chi connectivity index (χ0) is 22.1. The first kappa shape index (κ1) is 21.6. The van der Waals surface area contributed by atoms with Gasteiger partial charge in [-0.15, -0.1) is 0 Å². The monoisotopic (exact) mass is 421 g/mol. The van der Waals surface area contributed by atoms with Gasteiger partial charge in [0.15, 0.2) is 0 Å². The van der Waals surface area contributed by atoms with Crippen LogP contribution >= 0.6 is 0 Å². The minimum Gasteiger partial charge on any atom is -0.359 e. The number of benzene rings is 2. The molecule has 0 bridgehead atoms. The summed E-state index contributed by atoms with van der Waals surface area (Å²) in [6, 6.07) is 13.8. The molecule has 0 saturated carbocycles. The number of aromatic nitrogens is 1. The molecule has 1 aliphatic heterocycles. The van der Waals surface area contributed by atoms with Gasteiger partial charge in [0.2, 0.25) is 5.91 Å².